The highest BCUT2D eigenvalue weighted by Crippen LogP contribution is 2.27. The molecule has 1 saturated carbocycles. The summed E-state index contributed by atoms with van der Waals surface area (Å²) >= 11 is 0. The molecular weight excluding hydrogens is 270 g/mol. The van der Waals surface area contributed by atoms with Crippen LogP contribution in [0.15, 0.2) is 24.3 Å². The normalized spacial score (nSPS) is 14.0. The van der Waals surface area contributed by atoms with Gasteiger partial charge >= 0.3 is 5.97 Å². The van der Waals surface area contributed by atoms with E-state index in [-0.39, 0.29) is 31.0 Å². The first kappa shape index (κ1) is 15.4. The van der Waals surface area contributed by atoms with Crippen LogP contribution >= 0.6 is 0 Å². The summed E-state index contributed by atoms with van der Waals surface area (Å²) in [6, 6.07) is 7.49. The maximum Gasteiger partial charge on any atom is 0.323 e. The average molecular weight is 291 g/mol. The van der Waals surface area contributed by atoms with E-state index in [1.54, 1.807) is 0 Å². The number of carboxylic acid groups (broad SMARTS) is 1. The smallest absolute Gasteiger partial charge is 0.323 e. The van der Waals surface area contributed by atoms with Crippen molar-refractivity contribution in [2.45, 2.75) is 45.3 Å². The molecule has 0 atom stereocenters. The molecule has 1 fully saturated rings. The minimum atomic E-state index is -0.966. The fourth-order valence-electron chi connectivity index (χ4n) is 2.23. The summed E-state index contributed by atoms with van der Waals surface area (Å²) in [5.41, 5.74) is 0.842. The average Bonchev–Trinajstić information content (AvgIpc) is 3.19. The summed E-state index contributed by atoms with van der Waals surface area (Å²) < 4.78 is 5.60. The molecule has 114 valence electrons. The Labute approximate surface area is 124 Å². The van der Waals surface area contributed by atoms with E-state index >= 15 is 0 Å². The number of amides is 1. The van der Waals surface area contributed by atoms with Crippen LogP contribution in [0, 0.1) is 0 Å². The first-order chi connectivity index (χ1) is 9.95. The van der Waals surface area contributed by atoms with Gasteiger partial charge in [0.05, 0.1) is 12.5 Å². The van der Waals surface area contributed by atoms with E-state index in [0.29, 0.717) is 0 Å². The van der Waals surface area contributed by atoms with Gasteiger partial charge in [0, 0.05) is 6.04 Å². The van der Waals surface area contributed by atoms with Gasteiger partial charge in [0.25, 0.3) is 0 Å². The summed E-state index contributed by atoms with van der Waals surface area (Å²) in [6.07, 6.45) is 2.08. The van der Waals surface area contributed by atoms with Crippen LogP contribution in [0.1, 0.15) is 32.3 Å². The van der Waals surface area contributed by atoms with Crippen LogP contribution < -0.4 is 4.74 Å². The van der Waals surface area contributed by atoms with Crippen molar-refractivity contribution in [1.82, 2.24) is 4.90 Å². The molecule has 1 aliphatic carbocycles. The Morgan fingerprint density at radius 3 is 2.67 bits per heavy atom. The molecule has 0 aliphatic heterocycles. The minimum absolute atomic E-state index is 0.0749. The lowest BCUT2D eigenvalue weighted by Crippen LogP contribution is -2.38. The van der Waals surface area contributed by atoms with Crippen molar-refractivity contribution in [1.29, 1.82) is 0 Å². The second-order valence-electron chi connectivity index (χ2n) is 5.64. The van der Waals surface area contributed by atoms with Crippen molar-refractivity contribution in [2.75, 3.05) is 6.54 Å². The number of ether oxygens (including phenoxy) is 1. The number of aliphatic carboxylic acids is 1. The van der Waals surface area contributed by atoms with Gasteiger partial charge in [0.15, 0.2) is 0 Å². The van der Waals surface area contributed by atoms with Crippen molar-refractivity contribution in [2.24, 2.45) is 0 Å². The number of carbonyl (C=O) groups is 2. The predicted octanol–water partition coefficient (Wildman–Crippen LogP) is 2.09. The van der Waals surface area contributed by atoms with Crippen molar-refractivity contribution < 1.29 is 19.4 Å². The number of rotatable bonds is 7. The highest BCUT2D eigenvalue weighted by Gasteiger charge is 2.33. The fourth-order valence-corrected chi connectivity index (χ4v) is 2.23. The second-order valence-corrected chi connectivity index (χ2v) is 5.64. The summed E-state index contributed by atoms with van der Waals surface area (Å²) in [5.74, 6) is -0.375. The van der Waals surface area contributed by atoms with E-state index in [1.807, 2.05) is 38.1 Å². The molecule has 0 saturated heterocycles. The van der Waals surface area contributed by atoms with Crippen LogP contribution in [0.5, 0.6) is 5.75 Å². The quantitative estimate of drug-likeness (QED) is 0.835. The number of carbonyl (C=O) groups excluding carboxylic acids is 1. The fraction of sp³-hybridized carbons (Fsp3) is 0.500. The molecule has 0 bridgehead atoms. The van der Waals surface area contributed by atoms with Gasteiger partial charge in [-0.15, -0.1) is 0 Å². The maximum atomic E-state index is 12.3. The Kier molecular flexibility index (Phi) is 4.83. The third-order valence-electron chi connectivity index (χ3n) is 3.24. The standard InChI is InChI=1S/C16H21NO4/c1-11(2)21-14-5-3-4-12(8-14)9-15(18)17(10-16(19)20)13-6-7-13/h3-5,8,11,13H,6-7,9-10H2,1-2H3,(H,19,20). The lowest BCUT2D eigenvalue weighted by Gasteiger charge is -2.20. The second kappa shape index (κ2) is 6.61. The number of benzene rings is 1. The van der Waals surface area contributed by atoms with Gasteiger partial charge < -0.3 is 14.7 Å². The van der Waals surface area contributed by atoms with Gasteiger partial charge in [-0.25, -0.2) is 0 Å². The molecule has 1 aromatic carbocycles. The molecule has 0 aromatic heterocycles. The number of nitrogens with zero attached hydrogens (tertiary/aromatic N) is 1. The zero-order valence-electron chi connectivity index (χ0n) is 12.4. The molecule has 0 spiro atoms. The molecule has 1 aromatic rings. The Hall–Kier alpha value is -2.04. The molecule has 2 rings (SSSR count). The number of carboxylic acids is 1. The third kappa shape index (κ3) is 4.77. The molecule has 1 aliphatic rings. The third-order valence-corrected chi connectivity index (χ3v) is 3.24. The van der Waals surface area contributed by atoms with Gasteiger partial charge in [-0.2, -0.15) is 0 Å². The van der Waals surface area contributed by atoms with E-state index in [2.05, 4.69) is 0 Å². The topological polar surface area (TPSA) is 66.8 Å². The molecule has 5 heteroatoms. The Morgan fingerprint density at radius 2 is 2.10 bits per heavy atom. The van der Waals surface area contributed by atoms with E-state index in [9.17, 15) is 9.59 Å². The molecule has 5 nitrogen and oxygen atoms in total. The first-order valence-corrected chi connectivity index (χ1v) is 7.22. The molecule has 1 amide bonds. The van der Waals surface area contributed by atoms with Crippen molar-refractivity contribution in [3.8, 4) is 5.75 Å². The van der Waals surface area contributed by atoms with Gasteiger partial charge in [-0.1, -0.05) is 12.1 Å². The summed E-state index contributed by atoms with van der Waals surface area (Å²) in [4.78, 5) is 24.6. The van der Waals surface area contributed by atoms with Crippen molar-refractivity contribution >= 4 is 11.9 Å². The lowest BCUT2D eigenvalue weighted by molar-refractivity contribution is -0.144. The van der Waals surface area contributed by atoms with Gasteiger partial charge in [-0.05, 0) is 44.4 Å². The predicted molar refractivity (Wildman–Crippen MR) is 78.3 cm³/mol. The minimum Gasteiger partial charge on any atom is -0.491 e. The highest BCUT2D eigenvalue weighted by atomic mass is 16.5. The van der Waals surface area contributed by atoms with E-state index in [1.165, 1.54) is 4.90 Å². The molecular formula is C16H21NO4. The van der Waals surface area contributed by atoms with Crippen LogP contribution in [-0.4, -0.2) is 40.6 Å². The SMILES string of the molecule is CC(C)Oc1cccc(CC(=O)N(CC(=O)O)C2CC2)c1. The van der Waals surface area contributed by atoms with E-state index in [0.717, 1.165) is 24.2 Å². The summed E-state index contributed by atoms with van der Waals surface area (Å²) in [6.45, 7) is 3.67. The molecule has 21 heavy (non-hydrogen) atoms. The lowest BCUT2D eigenvalue weighted by atomic mass is 10.1. The zero-order chi connectivity index (χ0) is 15.4. The molecule has 0 heterocycles. The monoisotopic (exact) mass is 291 g/mol. The van der Waals surface area contributed by atoms with Crippen molar-refractivity contribution in [3.05, 3.63) is 29.8 Å². The van der Waals surface area contributed by atoms with E-state index in [4.69, 9.17) is 9.84 Å². The van der Waals surface area contributed by atoms with Crippen LogP contribution in [0.3, 0.4) is 0 Å². The summed E-state index contributed by atoms with van der Waals surface area (Å²) in [7, 11) is 0. The highest BCUT2D eigenvalue weighted by molar-refractivity contribution is 5.83. The van der Waals surface area contributed by atoms with Crippen LogP contribution in [0.4, 0.5) is 0 Å². The largest absolute Gasteiger partial charge is 0.491 e. The Morgan fingerprint density at radius 1 is 1.38 bits per heavy atom. The maximum absolute atomic E-state index is 12.3. The zero-order valence-corrected chi connectivity index (χ0v) is 12.4. The van der Waals surface area contributed by atoms with Crippen LogP contribution in [-0.2, 0) is 16.0 Å². The molecule has 0 radical (unpaired) electrons. The summed E-state index contributed by atoms with van der Waals surface area (Å²) in [5, 5.41) is 8.90. The Bertz CT molecular complexity index is 523. The number of hydrogen-bond donors (Lipinski definition) is 1. The van der Waals surface area contributed by atoms with E-state index < -0.39 is 5.97 Å². The molecule has 1 N–H and O–H groups in total. The van der Waals surface area contributed by atoms with Gasteiger partial charge in [0.1, 0.15) is 12.3 Å². The molecule has 0 unspecified atom stereocenters. The number of hydrogen-bond acceptors (Lipinski definition) is 3. The van der Waals surface area contributed by atoms with Crippen LogP contribution in [0.2, 0.25) is 0 Å². The Balaban J connectivity index is 2.02. The van der Waals surface area contributed by atoms with Crippen molar-refractivity contribution in [3.63, 3.8) is 0 Å². The van der Waals surface area contributed by atoms with Gasteiger partial charge in [0.2, 0.25) is 5.91 Å². The van der Waals surface area contributed by atoms with Gasteiger partial charge in [-0.3, -0.25) is 9.59 Å². The van der Waals surface area contributed by atoms with Crippen LogP contribution in [0.25, 0.3) is 0 Å². The first-order valence-electron chi connectivity index (χ1n) is 7.22.